The highest BCUT2D eigenvalue weighted by Gasteiger charge is 2.30. The van der Waals surface area contributed by atoms with E-state index in [1.54, 1.807) is 35.8 Å². The summed E-state index contributed by atoms with van der Waals surface area (Å²) in [6, 6.07) is 16.5. The van der Waals surface area contributed by atoms with Crippen molar-refractivity contribution < 1.29 is 5.11 Å². The number of para-hydroxylation sites is 1. The number of phenolic OH excluding ortho intramolecular Hbond substituents is 1. The molecule has 0 saturated heterocycles. The van der Waals surface area contributed by atoms with Crippen molar-refractivity contribution in [3.63, 3.8) is 0 Å². The topological polar surface area (TPSA) is 82.8 Å². The van der Waals surface area contributed by atoms with Crippen molar-refractivity contribution in [2.75, 3.05) is 16.8 Å². The van der Waals surface area contributed by atoms with Gasteiger partial charge in [0.15, 0.2) is 6.17 Å². The van der Waals surface area contributed by atoms with Crippen molar-refractivity contribution in [3.05, 3.63) is 81.8 Å². The Morgan fingerprint density at radius 2 is 1.93 bits per heavy atom. The van der Waals surface area contributed by atoms with E-state index in [0.29, 0.717) is 17.6 Å². The number of nitrogens with zero attached hydrogens (tertiary/aromatic N) is 4. The highest BCUT2D eigenvalue weighted by atomic mass is 16.3. The molecule has 7 nitrogen and oxygen atoms in total. The van der Waals surface area contributed by atoms with E-state index in [0.717, 1.165) is 24.2 Å². The summed E-state index contributed by atoms with van der Waals surface area (Å²) >= 11 is 0. The van der Waals surface area contributed by atoms with E-state index in [2.05, 4.69) is 27.3 Å². The Balaban J connectivity index is 1.66. The van der Waals surface area contributed by atoms with Gasteiger partial charge in [-0.3, -0.25) is 14.7 Å². The molecule has 3 aromatic rings. The summed E-state index contributed by atoms with van der Waals surface area (Å²) in [4.78, 5) is 24.2. The molecule has 140 valence electrons. The highest BCUT2D eigenvalue weighted by Crippen LogP contribution is 2.32. The van der Waals surface area contributed by atoms with Gasteiger partial charge in [-0.15, -0.1) is 0 Å². The fourth-order valence-corrected chi connectivity index (χ4v) is 3.80. The van der Waals surface area contributed by atoms with Crippen molar-refractivity contribution in [1.29, 1.82) is 0 Å². The number of benzene rings is 2. The zero-order valence-corrected chi connectivity index (χ0v) is 15.3. The van der Waals surface area contributed by atoms with Gasteiger partial charge in [-0.05, 0) is 42.7 Å². The van der Waals surface area contributed by atoms with Crippen LogP contribution in [0.25, 0.3) is 0 Å². The maximum atomic E-state index is 12.7. The molecule has 1 aromatic heterocycles. The Kier molecular flexibility index (Phi) is 3.68. The molecular weight excluding hydrogens is 354 g/mol. The molecule has 0 fully saturated rings. The number of nitrogens with one attached hydrogen (secondary N) is 1. The highest BCUT2D eigenvalue weighted by molar-refractivity contribution is 6.06. The van der Waals surface area contributed by atoms with E-state index in [-0.39, 0.29) is 11.3 Å². The minimum Gasteiger partial charge on any atom is -0.508 e. The molecule has 28 heavy (non-hydrogen) atoms. The summed E-state index contributed by atoms with van der Waals surface area (Å²) < 4.78 is 1.55. The predicted octanol–water partition coefficient (Wildman–Crippen LogP) is 2.65. The summed E-state index contributed by atoms with van der Waals surface area (Å²) in [6.45, 7) is 2.61. The van der Waals surface area contributed by atoms with Gasteiger partial charge >= 0.3 is 0 Å². The largest absolute Gasteiger partial charge is 0.508 e. The maximum Gasteiger partial charge on any atom is 0.257 e. The Morgan fingerprint density at radius 1 is 1.14 bits per heavy atom. The van der Waals surface area contributed by atoms with Gasteiger partial charge in [0.2, 0.25) is 11.9 Å². The number of anilines is 2. The number of aromatic nitrogens is 2. The van der Waals surface area contributed by atoms with Crippen LogP contribution in [0.3, 0.4) is 0 Å². The lowest BCUT2D eigenvalue weighted by Crippen LogP contribution is -2.43. The second-order valence-corrected chi connectivity index (χ2v) is 7.00. The molecule has 2 aromatic carbocycles. The number of hydrogen-bond donors (Lipinski definition) is 2. The molecule has 0 radical (unpaired) electrons. The molecule has 2 N–H and O–H groups in total. The molecule has 0 aliphatic carbocycles. The normalized spacial score (nSPS) is 17.5. The quantitative estimate of drug-likeness (QED) is 0.685. The fourth-order valence-electron chi connectivity index (χ4n) is 3.80. The third kappa shape index (κ3) is 2.63. The van der Waals surface area contributed by atoms with E-state index in [1.165, 1.54) is 11.6 Å². The van der Waals surface area contributed by atoms with Crippen molar-refractivity contribution >= 4 is 17.6 Å². The molecule has 2 aliphatic heterocycles. The van der Waals surface area contributed by atoms with Crippen LogP contribution >= 0.6 is 0 Å². The van der Waals surface area contributed by atoms with Crippen LogP contribution in [0.4, 0.5) is 11.6 Å². The van der Waals surface area contributed by atoms with E-state index < -0.39 is 6.17 Å². The molecule has 0 amide bonds. The van der Waals surface area contributed by atoms with Gasteiger partial charge in [0.25, 0.3) is 5.56 Å². The molecule has 5 rings (SSSR count). The molecule has 0 saturated carbocycles. The molecule has 0 unspecified atom stereocenters. The molecule has 1 atom stereocenters. The van der Waals surface area contributed by atoms with E-state index in [1.807, 2.05) is 12.1 Å². The molecule has 3 heterocycles. The lowest BCUT2D eigenvalue weighted by atomic mass is 10.1. The molecule has 0 bridgehead atoms. The van der Waals surface area contributed by atoms with Gasteiger partial charge < -0.3 is 10.0 Å². The van der Waals surface area contributed by atoms with Gasteiger partial charge in [-0.2, -0.15) is 0 Å². The summed E-state index contributed by atoms with van der Waals surface area (Å²) in [5, 5.41) is 12.9. The van der Waals surface area contributed by atoms with Crippen LogP contribution in [-0.4, -0.2) is 27.2 Å². The number of phenols is 1. The van der Waals surface area contributed by atoms with Crippen LogP contribution in [0.5, 0.6) is 5.75 Å². The first kappa shape index (κ1) is 16.6. The Morgan fingerprint density at radius 3 is 2.75 bits per heavy atom. The molecule has 7 heteroatoms. The van der Waals surface area contributed by atoms with Crippen LogP contribution < -0.4 is 15.8 Å². The average molecular weight is 373 g/mol. The average Bonchev–Trinajstić information content (AvgIpc) is 3.11. The van der Waals surface area contributed by atoms with Crippen molar-refractivity contribution in [2.45, 2.75) is 19.5 Å². The number of aryl methyl sites for hydroxylation is 1. The van der Waals surface area contributed by atoms with Gasteiger partial charge in [0, 0.05) is 24.0 Å². The lowest BCUT2D eigenvalue weighted by Gasteiger charge is -2.31. The summed E-state index contributed by atoms with van der Waals surface area (Å²) in [7, 11) is 0. The fraction of sp³-hybridized carbons (Fsp3) is 0.190. The Labute approximate surface area is 161 Å². The van der Waals surface area contributed by atoms with E-state index in [9.17, 15) is 9.90 Å². The first-order chi connectivity index (χ1) is 13.6. The maximum absolute atomic E-state index is 12.7. The van der Waals surface area contributed by atoms with Crippen LogP contribution in [0, 0.1) is 6.92 Å². The number of aliphatic imine (C=N–C) groups is 1. The van der Waals surface area contributed by atoms with Gasteiger partial charge in [0.1, 0.15) is 5.75 Å². The van der Waals surface area contributed by atoms with Crippen LogP contribution in [-0.2, 0) is 6.42 Å². The third-order valence-corrected chi connectivity index (χ3v) is 5.13. The number of guanidine groups is 1. The number of fused-ring (bicyclic) bond motifs is 2. The summed E-state index contributed by atoms with van der Waals surface area (Å²) in [5.41, 5.74) is 3.67. The number of rotatable bonds is 1. The standard InChI is InChI=1S/C21H19N5O2/c1-13-12-18(28)26-19(15-6-8-16(27)9-7-15)23-20(24-21(26)22-13)25-11-10-14-4-2-3-5-17(14)25/h2-9,12,19,27H,10-11H2,1H3,(H,22,23,24)/t19-/m1/s1. The van der Waals surface area contributed by atoms with Crippen LogP contribution in [0.15, 0.2) is 64.4 Å². The van der Waals surface area contributed by atoms with Crippen LogP contribution in [0.2, 0.25) is 0 Å². The first-order valence-electron chi connectivity index (χ1n) is 9.19. The van der Waals surface area contributed by atoms with Gasteiger partial charge in [0.05, 0.1) is 0 Å². The minimum absolute atomic E-state index is 0.169. The summed E-state index contributed by atoms with van der Waals surface area (Å²) in [5.74, 6) is 1.31. The molecule has 2 aliphatic rings. The zero-order valence-electron chi connectivity index (χ0n) is 15.3. The first-order valence-corrected chi connectivity index (χ1v) is 9.19. The van der Waals surface area contributed by atoms with Gasteiger partial charge in [-0.1, -0.05) is 30.3 Å². The van der Waals surface area contributed by atoms with Crippen molar-refractivity contribution in [2.24, 2.45) is 4.99 Å². The van der Waals surface area contributed by atoms with E-state index in [4.69, 9.17) is 4.99 Å². The monoisotopic (exact) mass is 373 g/mol. The summed E-state index contributed by atoms with van der Waals surface area (Å²) in [6.07, 6.45) is 0.384. The zero-order chi connectivity index (χ0) is 19.3. The third-order valence-electron chi connectivity index (χ3n) is 5.13. The van der Waals surface area contributed by atoms with Gasteiger partial charge in [-0.25, -0.2) is 9.98 Å². The number of aromatic hydroxyl groups is 1. The smallest absolute Gasteiger partial charge is 0.257 e. The minimum atomic E-state index is -0.555. The molecule has 0 spiro atoms. The van der Waals surface area contributed by atoms with Crippen LogP contribution in [0.1, 0.15) is 23.0 Å². The van der Waals surface area contributed by atoms with Crippen molar-refractivity contribution in [1.82, 2.24) is 9.55 Å². The lowest BCUT2D eigenvalue weighted by molar-refractivity contribution is 0.474. The number of hydrogen-bond acceptors (Lipinski definition) is 6. The Hall–Kier alpha value is -3.61. The predicted molar refractivity (Wildman–Crippen MR) is 108 cm³/mol. The second kappa shape index (κ2) is 6.23. The van der Waals surface area contributed by atoms with E-state index >= 15 is 0 Å². The second-order valence-electron chi connectivity index (χ2n) is 7.00. The van der Waals surface area contributed by atoms with Crippen molar-refractivity contribution in [3.8, 4) is 5.75 Å². The Bertz CT molecular complexity index is 1150. The SMILES string of the molecule is Cc1cc(=O)n2c(n1)NC(N1CCc3ccccc31)=N[C@H]2c1ccc(O)cc1. The molecular formula is C21H19N5O2.